The van der Waals surface area contributed by atoms with Crippen LogP contribution in [0.2, 0.25) is 0 Å². The van der Waals surface area contributed by atoms with Gasteiger partial charge in [-0.2, -0.15) is 0 Å². The maximum absolute atomic E-state index is 11.6. The van der Waals surface area contributed by atoms with Gasteiger partial charge in [-0.25, -0.2) is 0 Å². The SMILES string of the molecule is CCCCC(=O)C(C)(N)C1CC1. The van der Waals surface area contributed by atoms with Crippen LogP contribution in [0.1, 0.15) is 46.0 Å². The van der Waals surface area contributed by atoms with E-state index in [9.17, 15) is 4.79 Å². The van der Waals surface area contributed by atoms with Crippen molar-refractivity contribution in [3.05, 3.63) is 0 Å². The van der Waals surface area contributed by atoms with Gasteiger partial charge in [0, 0.05) is 6.42 Å². The van der Waals surface area contributed by atoms with E-state index in [1.165, 1.54) is 0 Å². The van der Waals surface area contributed by atoms with Gasteiger partial charge in [-0.05, 0) is 32.1 Å². The molecular formula is C10H19NO. The zero-order valence-electron chi connectivity index (χ0n) is 8.10. The van der Waals surface area contributed by atoms with E-state index in [1.54, 1.807) is 0 Å². The number of Topliss-reactive ketones (excluding diaryl/α,β-unsaturated/α-hetero) is 1. The molecule has 1 rings (SSSR count). The van der Waals surface area contributed by atoms with Crippen LogP contribution in [0.15, 0.2) is 0 Å². The molecule has 2 nitrogen and oxygen atoms in total. The Bertz CT molecular complexity index is 171. The van der Waals surface area contributed by atoms with Gasteiger partial charge in [0.15, 0.2) is 5.78 Å². The van der Waals surface area contributed by atoms with E-state index < -0.39 is 5.54 Å². The average molecular weight is 169 g/mol. The van der Waals surface area contributed by atoms with Gasteiger partial charge in [-0.15, -0.1) is 0 Å². The molecule has 1 atom stereocenters. The highest BCUT2D eigenvalue weighted by atomic mass is 16.1. The predicted octanol–water partition coefficient (Wildman–Crippen LogP) is 1.87. The highest BCUT2D eigenvalue weighted by molar-refractivity contribution is 5.88. The summed E-state index contributed by atoms with van der Waals surface area (Å²) in [4.78, 5) is 11.6. The van der Waals surface area contributed by atoms with E-state index >= 15 is 0 Å². The van der Waals surface area contributed by atoms with Crippen molar-refractivity contribution in [3.63, 3.8) is 0 Å². The van der Waals surface area contributed by atoms with Crippen molar-refractivity contribution >= 4 is 5.78 Å². The fourth-order valence-electron chi connectivity index (χ4n) is 1.52. The number of carbonyl (C=O) groups is 1. The van der Waals surface area contributed by atoms with Crippen molar-refractivity contribution in [2.45, 2.75) is 51.5 Å². The van der Waals surface area contributed by atoms with Crippen molar-refractivity contribution in [3.8, 4) is 0 Å². The molecule has 1 unspecified atom stereocenters. The Hall–Kier alpha value is -0.370. The van der Waals surface area contributed by atoms with Gasteiger partial charge in [0.2, 0.25) is 0 Å². The van der Waals surface area contributed by atoms with Crippen LogP contribution in [0.5, 0.6) is 0 Å². The Balaban J connectivity index is 2.38. The van der Waals surface area contributed by atoms with Gasteiger partial charge in [0.25, 0.3) is 0 Å². The quantitative estimate of drug-likeness (QED) is 0.682. The van der Waals surface area contributed by atoms with Crippen LogP contribution in [0.3, 0.4) is 0 Å². The summed E-state index contributed by atoms with van der Waals surface area (Å²) in [5.74, 6) is 0.730. The largest absolute Gasteiger partial charge is 0.319 e. The van der Waals surface area contributed by atoms with Crippen molar-refractivity contribution in [2.24, 2.45) is 11.7 Å². The topological polar surface area (TPSA) is 43.1 Å². The molecular weight excluding hydrogens is 150 g/mol. The average Bonchev–Trinajstić information content (AvgIpc) is 2.81. The standard InChI is InChI=1S/C10H19NO/c1-3-4-5-9(12)10(2,11)8-6-7-8/h8H,3-7,11H2,1-2H3. The number of hydrogen-bond acceptors (Lipinski definition) is 2. The number of hydrogen-bond donors (Lipinski definition) is 1. The Labute approximate surface area is 74.5 Å². The molecule has 70 valence electrons. The molecule has 0 bridgehead atoms. The second kappa shape index (κ2) is 3.56. The Kier molecular flexibility index (Phi) is 2.89. The second-order valence-electron chi connectivity index (χ2n) is 4.08. The first-order valence-corrected chi connectivity index (χ1v) is 4.91. The molecule has 1 saturated carbocycles. The van der Waals surface area contributed by atoms with Crippen molar-refractivity contribution in [2.75, 3.05) is 0 Å². The second-order valence-corrected chi connectivity index (χ2v) is 4.08. The smallest absolute Gasteiger partial charge is 0.152 e. The molecule has 0 aromatic carbocycles. The maximum Gasteiger partial charge on any atom is 0.152 e. The number of carbonyl (C=O) groups excluding carboxylic acids is 1. The summed E-state index contributed by atoms with van der Waals surface area (Å²) in [6.45, 7) is 3.99. The lowest BCUT2D eigenvalue weighted by Gasteiger charge is -2.22. The minimum absolute atomic E-state index is 0.256. The van der Waals surface area contributed by atoms with Gasteiger partial charge < -0.3 is 5.73 Å². The number of rotatable bonds is 5. The van der Waals surface area contributed by atoms with Crippen LogP contribution in [-0.2, 0) is 4.79 Å². The van der Waals surface area contributed by atoms with E-state index in [-0.39, 0.29) is 5.78 Å². The molecule has 0 heterocycles. The maximum atomic E-state index is 11.6. The molecule has 0 spiro atoms. The normalized spacial score (nSPS) is 21.9. The van der Waals surface area contributed by atoms with Crippen LogP contribution in [0.4, 0.5) is 0 Å². The van der Waals surface area contributed by atoms with Gasteiger partial charge >= 0.3 is 0 Å². The number of unbranched alkanes of at least 4 members (excludes halogenated alkanes) is 1. The zero-order valence-corrected chi connectivity index (χ0v) is 8.10. The van der Waals surface area contributed by atoms with Gasteiger partial charge in [0.05, 0.1) is 5.54 Å². The van der Waals surface area contributed by atoms with E-state index in [0.29, 0.717) is 12.3 Å². The van der Waals surface area contributed by atoms with Crippen molar-refractivity contribution < 1.29 is 4.79 Å². The third-order valence-corrected chi connectivity index (χ3v) is 2.78. The monoisotopic (exact) mass is 169 g/mol. The first kappa shape index (κ1) is 9.72. The molecule has 2 N–H and O–H groups in total. The molecule has 0 amide bonds. The highest BCUT2D eigenvalue weighted by Crippen LogP contribution is 2.39. The van der Waals surface area contributed by atoms with E-state index in [0.717, 1.165) is 25.7 Å². The van der Waals surface area contributed by atoms with Crippen LogP contribution >= 0.6 is 0 Å². The predicted molar refractivity (Wildman–Crippen MR) is 49.8 cm³/mol. The highest BCUT2D eigenvalue weighted by Gasteiger charge is 2.42. The molecule has 2 heteroatoms. The summed E-state index contributed by atoms with van der Waals surface area (Å²) in [7, 11) is 0. The Morgan fingerprint density at radius 1 is 1.58 bits per heavy atom. The number of nitrogens with two attached hydrogens (primary N) is 1. The molecule has 1 fully saturated rings. The Morgan fingerprint density at radius 2 is 2.17 bits per heavy atom. The number of ketones is 1. The zero-order chi connectivity index (χ0) is 9.19. The third-order valence-electron chi connectivity index (χ3n) is 2.78. The molecule has 1 aliphatic carbocycles. The summed E-state index contributed by atoms with van der Waals surface area (Å²) in [6.07, 6.45) is 5.01. The van der Waals surface area contributed by atoms with Crippen LogP contribution in [-0.4, -0.2) is 11.3 Å². The summed E-state index contributed by atoms with van der Waals surface area (Å²) >= 11 is 0. The van der Waals surface area contributed by atoms with E-state index in [4.69, 9.17) is 5.73 Å². The molecule has 0 aromatic heterocycles. The van der Waals surface area contributed by atoms with Gasteiger partial charge in [-0.3, -0.25) is 4.79 Å². The Morgan fingerprint density at radius 3 is 2.58 bits per heavy atom. The van der Waals surface area contributed by atoms with Crippen LogP contribution < -0.4 is 5.73 Å². The van der Waals surface area contributed by atoms with Crippen molar-refractivity contribution in [1.82, 2.24) is 0 Å². The van der Waals surface area contributed by atoms with Gasteiger partial charge in [-0.1, -0.05) is 13.3 Å². The molecule has 12 heavy (non-hydrogen) atoms. The van der Waals surface area contributed by atoms with Gasteiger partial charge in [0.1, 0.15) is 0 Å². The van der Waals surface area contributed by atoms with Crippen LogP contribution in [0.25, 0.3) is 0 Å². The summed E-state index contributed by atoms with van der Waals surface area (Å²) in [5, 5.41) is 0. The molecule has 1 aliphatic rings. The summed E-state index contributed by atoms with van der Waals surface area (Å²) in [6, 6.07) is 0. The molecule has 0 aliphatic heterocycles. The minimum atomic E-state index is -0.519. The minimum Gasteiger partial charge on any atom is -0.319 e. The summed E-state index contributed by atoms with van der Waals surface area (Å²) < 4.78 is 0. The third kappa shape index (κ3) is 2.07. The molecule has 0 saturated heterocycles. The summed E-state index contributed by atoms with van der Waals surface area (Å²) in [5.41, 5.74) is 5.44. The van der Waals surface area contributed by atoms with Crippen molar-refractivity contribution in [1.29, 1.82) is 0 Å². The van der Waals surface area contributed by atoms with E-state index in [2.05, 4.69) is 6.92 Å². The lowest BCUT2D eigenvalue weighted by atomic mass is 9.89. The first-order valence-electron chi connectivity index (χ1n) is 4.91. The molecule has 0 radical (unpaired) electrons. The lowest BCUT2D eigenvalue weighted by molar-refractivity contribution is -0.124. The first-order chi connectivity index (χ1) is 5.59. The molecule has 0 aromatic rings. The fourth-order valence-corrected chi connectivity index (χ4v) is 1.52. The van der Waals surface area contributed by atoms with Crippen LogP contribution in [0, 0.1) is 5.92 Å². The lowest BCUT2D eigenvalue weighted by Crippen LogP contribution is -2.46. The fraction of sp³-hybridized carbons (Fsp3) is 0.900. The van der Waals surface area contributed by atoms with E-state index in [1.807, 2.05) is 6.92 Å².